The van der Waals surface area contributed by atoms with Crippen LogP contribution in [0.4, 0.5) is 0 Å². The van der Waals surface area contributed by atoms with E-state index in [4.69, 9.17) is 14.2 Å². The largest absolute Gasteiger partial charge is 0.462 e. The molecule has 79 heavy (non-hydrogen) atoms. The first-order valence-electron chi connectivity index (χ1n) is 32.7. The summed E-state index contributed by atoms with van der Waals surface area (Å²) in [5.41, 5.74) is 0. The number of unbranched alkanes of at least 4 members (excludes halogenated alkanes) is 25. The molecule has 0 radical (unpaired) electrons. The maximum Gasteiger partial charge on any atom is 0.306 e. The molecule has 0 aliphatic rings. The van der Waals surface area contributed by atoms with Crippen molar-refractivity contribution in [2.24, 2.45) is 0 Å². The van der Waals surface area contributed by atoms with E-state index in [9.17, 15) is 14.4 Å². The molecule has 0 fully saturated rings. The van der Waals surface area contributed by atoms with E-state index in [0.717, 1.165) is 135 Å². The SMILES string of the molecule is CC/C=C\C/C=C\C/C=C\C/C=C\C/C=C\C/C=C\CCCCCCCCC(=O)OCC(COC(=O)CCCC/C=C\C/C=C\C/C=C\C/C=C\CC)OC(=O)CCCCCCCCCCC/C=C\CCCCCCCCCC. The van der Waals surface area contributed by atoms with E-state index in [-0.39, 0.29) is 31.1 Å². The van der Waals surface area contributed by atoms with Gasteiger partial charge < -0.3 is 14.2 Å². The van der Waals surface area contributed by atoms with E-state index in [1.165, 1.54) is 116 Å². The van der Waals surface area contributed by atoms with Crippen LogP contribution in [-0.2, 0) is 28.6 Å². The Morgan fingerprint density at radius 2 is 0.494 bits per heavy atom. The Morgan fingerprint density at radius 3 is 0.810 bits per heavy atom. The Labute approximate surface area is 487 Å². The number of hydrogen-bond acceptors (Lipinski definition) is 6. The maximum atomic E-state index is 12.9. The van der Waals surface area contributed by atoms with E-state index in [0.29, 0.717) is 19.3 Å². The lowest BCUT2D eigenvalue weighted by atomic mass is 10.1. The van der Waals surface area contributed by atoms with Crippen LogP contribution in [0.2, 0.25) is 0 Å². The molecule has 0 N–H and O–H groups in total. The molecule has 0 aromatic carbocycles. The highest BCUT2D eigenvalue weighted by molar-refractivity contribution is 5.71. The van der Waals surface area contributed by atoms with Crippen LogP contribution in [0.3, 0.4) is 0 Å². The van der Waals surface area contributed by atoms with Crippen LogP contribution in [0.25, 0.3) is 0 Å². The van der Waals surface area contributed by atoms with Crippen molar-refractivity contribution in [2.45, 2.75) is 297 Å². The van der Waals surface area contributed by atoms with Gasteiger partial charge in [0.25, 0.3) is 0 Å². The second-order valence-electron chi connectivity index (χ2n) is 21.3. The minimum atomic E-state index is -0.809. The van der Waals surface area contributed by atoms with Gasteiger partial charge in [0.15, 0.2) is 6.10 Å². The third-order valence-electron chi connectivity index (χ3n) is 13.6. The van der Waals surface area contributed by atoms with Gasteiger partial charge in [0.05, 0.1) is 0 Å². The monoisotopic (exact) mass is 1090 g/mol. The average Bonchev–Trinajstić information content (AvgIpc) is 3.45. The van der Waals surface area contributed by atoms with E-state index < -0.39 is 6.10 Å². The number of ether oxygens (including phenoxy) is 3. The van der Waals surface area contributed by atoms with Crippen molar-refractivity contribution < 1.29 is 28.6 Å². The zero-order chi connectivity index (χ0) is 57.1. The lowest BCUT2D eigenvalue weighted by molar-refractivity contribution is -0.167. The van der Waals surface area contributed by atoms with Crippen LogP contribution < -0.4 is 0 Å². The molecule has 0 amide bonds. The molecule has 0 aromatic heterocycles. The molecule has 0 saturated carbocycles. The quantitative estimate of drug-likeness (QED) is 0.0261. The first-order valence-corrected chi connectivity index (χ1v) is 32.7. The van der Waals surface area contributed by atoms with Crippen molar-refractivity contribution in [2.75, 3.05) is 13.2 Å². The third kappa shape index (κ3) is 64.3. The Hall–Kier alpha value is -4.45. The summed E-state index contributed by atoms with van der Waals surface area (Å²) >= 11 is 0. The molecule has 1 unspecified atom stereocenters. The summed E-state index contributed by atoms with van der Waals surface area (Å²) in [4.78, 5) is 38.4. The summed E-state index contributed by atoms with van der Waals surface area (Å²) in [6, 6.07) is 0. The molecule has 6 heteroatoms. The molecule has 0 rings (SSSR count). The van der Waals surface area contributed by atoms with Crippen LogP contribution in [-0.4, -0.2) is 37.2 Å². The van der Waals surface area contributed by atoms with Crippen molar-refractivity contribution in [1.82, 2.24) is 0 Å². The Morgan fingerprint density at radius 1 is 0.266 bits per heavy atom. The summed E-state index contributed by atoms with van der Waals surface area (Å²) in [5.74, 6) is -0.958. The van der Waals surface area contributed by atoms with Gasteiger partial charge in [-0.15, -0.1) is 0 Å². The predicted molar refractivity (Wildman–Crippen MR) is 343 cm³/mol. The number of carbonyl (C=O) groups excluding carboxylic acids is 3. The van der Waals surface area contributed by atoms with Gasteiger partial charge in [0.1, 0.15) is 13.2 Å². The molecule has 0 spiro atoms. The Kier molecular flexibility index (Phi) is 62.3. The van der Waals surface area contributed by atoms with E-state index in [1.807, 2.05) is 0 Å². The highest BCUT2D eigenvalue weighted by Crippen LogP contribution is 2.15. The smallest absolute Gasteiger partial charge is 0.306 e. The Balaban J connectivity index is 4.44. The van der Waals surface area contributed by atoms with Gasteiger partial charge in [-0.2, -0.15) is 0 Å². The molecule has 448 valence electrons. The molecule has 0 heterocycles. The highest BCUT2D eigenvalue weighted by Gasteiger charge is 2.19. The van der Waals surface area contributed by atoms with Gasteiger partial charge in [0, 0.05) is 19.3 Å². The first kappa shape index (κ1) is 74.5. The Bertz CT molecular complexity index is 1680. The van der Waals surface area contributed by atoms with Crippen molar-refractivity contribution in [3.05, 3.63) is 134 Å². The topological polar surface area (TPSA) is 78.9 Å². The van der Waals surface area contributed by atoms with E-state index in [1.54, 1.807) is 0 Å². The number of allylic oxidation sites excluding steroid dienone is 22. The van der Waals surface area contributed by atoms with Crippen molar-refractivity contribution >= 4 is 17.9 Å². The van der Waals surface area contributed by atoms with Gasteiger partial charge in [-0.05, 0) is 135 Å². The molecular formula is C73H120O6. The van der Waals surface area contributed by atoms with Crippen LogP contribution in [0, 0.1) is 0 Å². The zero-order valence-electron chi connectivity index (χ0n) is 51.3. The van der Waals surface area contributed by atoms with Gasteiger partial charge >= 0.3 is 17.9 Å². The molecule has 6 nitrogen and oxygen atoms in total. The first-order chi connectivity index (χ1) is 39.0. The molecule has 0 saturated heterocycles. The van der Waals surface area contributed by atoms with Crippen molar-refractivity contribution in [3.8, 4) is 0 Å². The van der Waals surface area contributed by atoms with Crippen LogP contribution >= 0.6 is 0 Å². The van der Waals surface area contributed by atoms with E-state index >= 15 is 0 Å². The number of carbonyl (C=O) groups is 3. The normalized spacial score (nSPS) is 13.0. The molecule has 0 aliphatic carbocycles. The standard InChI is InChI=1S/C73H120O6/c1-4-7-10-13-16-19-22-25-28-30-32-34-35-36-37-39-40-42-45-48-51-54-57-60-63-66-72(75)78-69-70(68-77-71(74)65-62-59-56-53-50-47-44-27-24-21-18-15-12-9-6-3)79-73(76)67-64-61-58-55-52-49-46-43-41-38-33-31-29-26-23-20-17-14-11-8-5-2/h7,9-10,12,16,18-19,21,25,27-28,31-34,36-37,40,42,44,50,53,70H,4-6,8,11,13-15,17,20,22-24,26,29-30,35,38-39,41,43,45-49,51-52,54-69H2,1-3H3/b10-7-,12-9-,19-16-,21-18-,28-25-,33-31-,34-32-,37-36-,42-40-,44-27-,53-50-. The minimum Gasteiger partial charge on any atom is -0.462 e. The van der Waals surface area contributed by atoms with Gasteiger partial charge in [-0.3, -0.25) is 14.4 Å². The fraction of sp³-hybridized carbons (Fsp3) is 0.658. The van der Waals surface area contributed by atoms with E-state index in [2.05, 4.69) is 154 Å². The van der Waals surface area contributed by atoms with Crippen molar-refractivity contribution in [1.29, 1.82) is 0 Å². The highest BCUT2D eigenvalue weighted by atomic mass is 16.6. The number of rotatable bonds is 58. The van der Waals surface area contributed by atoms with Crippen LogP contribution in [0.15, 0.2) is 134 Å². The summed E-state index contributed by atoms with van der Waals surface area (Å²) in [5, 5.41) is 0. The fourth-order valence-electron chi connectivity index (χ4n) is 8.79. The molecule has 1 atom stereocenters. The molecule has 0 aliphatic heterocycles. The van der Waals surface area contributed by atoms with Crippen LogP contribution in [0.1, 0.15) is 290 Å². The molecule has 0 bridgehead atoms. The summed E-state index contributed by atoms with van der Waals surface area (Å²) in [6.45, 7) is 6.38. The molecule has 0 aromatic rings. The number of esters is 3. The summed E-state index contributed by atoms with van der Waals surface area (Å²) in [7, 11) is 0. The van der Waals surface area contributed by atoms with Gasteiger partial charge in [0.2, 0.25) is 0 Å². The average molecular weight is 1090 g/mol. The van der Waals surface area contributed by atoms with Gasteiger partial charge in [-0.25, -0.2) is 0 Å². The fourth-order valence-corrected chi connectivity index (χ4v) is 8.79. The third-order valence-corrected chi connectivity index (χ3v) is 13.6. The summed E-state index contributed by atoms with van der Waals surface area (Å²) < 4.78 is 16.9. The second kappa shape index (κ2) is 66.1. The lowest BCUT2D eigenvalue weighted by Gasteiger charge is -2.18. The second-order valence-corrected chi connectivity index (χ2v) is 21.3. The maximum absolute atomic E-state index is 12.9. The van der Waals surface area contributed by atoms with Crippen LogP contribution in [0.5, 0.6) is 0 Å². The summed E-state index contributed by atoms with van der Waals surface area (Å²) in [6.07, 6.45) is 93.2. The minimum absolute atomic E-state index is 0.103. The predicted octanol–water partition coefficient (Wildman–Crippen LogP) is 22.5. The zero-order valence-corrected chi connectivity index (χ0v) is 51.3. The van der Waals surface area contributed by atoms with Gasteiger partial charge in [-0.1, -0.05) is 270 Å². The lowest BCUT2D eigenvalue weighted by Crippen LogP contribution is -2.30. The number of hydrogen-bond donors (Lipinski definition) is 0. The molecular weight excluding hydrogens is 973 g/mol. The van der Waals surface area contributed by atoms with Crippen molar-refractivity contribution in [3.63, 3.8) is 0 Å².